The van der Waals surface area contributed by atoms with Gasteiger partial charge < -0.3 is 10.2 Å². The van der Waals surface area contributed by atoms with E-state index < -0.39 is 0 Å². The van der Waals surface area contributed by atoms with Gasteiger partial charge in [0.25, 0.3) is 0 Å². The van der Waals surface area contributed by atoms with Crippen molar-refractivity contribution in [3.8, 4) is 0 Å². The summed E-state index contributed by atoms with van der Waals surface area (Å²) < 4.78 is 1.94. The van der Waals surface area contributed by atoms with Crippen LogP contribution in [0.1, 0.15) is 17.0 Å². The fourth-order valence-corrected chi connectivity index (χ4v) is 2.69. The molecule has 1 aromatic heterocycles. The number of hydrogen-bond donors (Lipinski definition) is 1. The van der Waals surface area contributed by atoms with Crippen molar-refractivity contribution < 1.29 is 4.79 Å². The van der Waals surface area contributed by atoms with Crippen LogP contribution >= 0.6 is 12.4 Å². The van der Waals surface area contributed by atoms with Crippen LogP contribution in [-0.4, -0.2) is 65.3 Å². The first-order valence-electron chi connectivity index (χ1n) is 7.16. The van der Waals surface area contributed by atoms with Crippen LogP contribution in [0.3, 0.4) is 0 Å². The number of rotatable bonds is 4. The average molecular weight is 316 g/mol. The number of nitrogens with zero attached hydrogens (tertiary/aromatic N) is 4. The van der Waals surface area contributed by atoms with Gasteiger partial charge in [0.15, 0.2) is 0 Å². The molecule has 0 radical (unpaired) electrons. The van der Waals surface area contributed by atoms with E-state index in [1.54, 1.807) is 0 Å². The fourth-order valence-electron chi connectivity index (χ4n) is 2.69. The summed E-state index contributed by atoms with van der Waals surface area (Å²) >= 11 is 0. The quantitative estimate of drug-likeness (QED) is 0.869. The first kappa shape index (κ1) is 17.9. The summed E-state index contributed by atoms with van der Waals surface area (Å²) in [7, 11) is 3.79. The number of likely N-dealkylation sites (N-methyl/N-ethyl adjacent to an activating group) is 1. The highest BCUT2D eigenvalue weighted by molar-refractivity contribution is 5.85. The largest absolute Gasteiger partial charge is 0.339 e. The summed E-state index contributed by atoms with van der Waals surface area (Å²) in [5.74, 6) is 0.195. The van der Waals surface area contributed by atoms with Gasteiger partial charge in [-0.3, -0.25) is 14.4 Å². The molecule has 0 atom stereocenters. The molecular formula is C14H26ClN5O. The number of aromatic nitrogens is 2. The molecule has 0 unspecified atom stereocenters. The molecular weight excluding hydrogens is 290 g/mol. The van der Waals surface area contributed by atoms with Gasteiger partial charge in [0, 0.05) is 51.0 Å². The molecule has 1 aromatic rings. The van der Waals surface area contributed by atoms with E-state index in [-0.39, 0.29) is 18.3 Å². The molecule has 0 saturated carbocycles. The second-order valence-corrected chi connectivity index (χ2v) is 5.46. The van der Waals surface area contributed by atoms with Crippen LogP contribution in [0.25, 0.3) is 0 Å². The second kappa shape index (κ2) is 7.77. The Morgan fingerprint density at radius 2 is 1.86 bits per heavy atom. The Morgan fingerprint density at radius 3 is 2.33 bits per heavy atom. The van der Waals surface area contributed by atoms with Crippen LogP contribution in [-0.2, 0) is 18.4 Å². The third-order valence-corrected chi connectivity index (χ3v) is 4.09. The fraction of sp³-hybridized carbons (Fsp3) is 0.714. The molecule has 1 fully saturated rings. The molecule has 21 heavy (non-hydrogen) atoms. The van der Waals surface area contributed by atoms with E-state index in [9.17, 15) is 4.79 Å². The molecule has 1 amide bonds. The van der Waals surface area contributed by atoms with Gasteiger partial charge in [-0.1, -0.05) is 0 Å². The maximum absolute atomic E-state index is 11.8. The number of hydrogen-bond acceptors (Lipinski definition) is 4. The van der Waals surface area contributed by atoms with E-state index in [4.69, 9.17) is 0 Å². The first-order chi connectivity index (χ1) is 9.52. The zero-order valence-electron chi connectivity index (χ0n) is 13.3. The molecule has 2 rings (SSSR count). The maximum atomic E-state index is 11.8. The average Bonchev–Trinajstić information content (AvgIpc) is 2.66. The number of halogens is 1. The van der Waals surface area contributed by atoms with Gasteiger partial charge >= 0.3 is 0 Å². The Hall–Kier alpha value is -1.11. The highest BCUT2D eigenvalue weighted by Gasteiger charge is 2.22. The summed E-state index contributed by atoms with van der Waals surface area (Å²) in [5.41, 5.74) is 3.66. The van der Waals surface area contributed by atoms with E-state index in [1.165, 1.54) is 11.3 Å². The minimum Gasteiger partial charge on any atom is -0.339 e. The number of amides is 1. The first-order valence-corrected chi connectivity index (χ1v) is 7.16. The summed E-state index contributed by atoms with van der Waals surface area (Å²) in [4.78, 5) is 16.1. The molecule has 2 heterocycles. The summed E-state index contributed by atoms with van der Waals surface area (Å²) in [6.45, 7) is 9.04. The van der Waals surface area contributed by atoms with Crippen LogP contribution in [0.2, 0.25) is 0 Å². The minimum absolute atomic E-state index is 0. The number of piperazine rings is 1. The van der Waals surface area contributed by atoms with Gasteiger partial charge in [-0.15, -0.1) is 12.4 Å². The van der Waals surface area contributed by atoms with Gasteiger partial charge in [-0.05, 0) is 20.9 Å². The number of carbonyl (C=O) groups is 1. The molecule has 0 spiro atoms. The Bertz CT molecular complexity index is 480. The lowest BCUT2D eigenvalue weighted by molar-refractivity contribution is -0.131. The van der Waals surface area contributed by atoms with Crippen molar-refractivity contribution >= 4 is 18.3 Å². The van der Waals surface area contributed by atoms with Gasteiger partial charge in [-0.25, -0.2) is 0 Å². The van der Waals surface area contributed by atoms with Crippen LogP contribution in [0.15, 0.2) is 0 Å². The monoisotopic (exact) mass is 315 g/mol. The molecule has 6 nitrogen and oxygen atoms in total. The second-order valence-electron chi connectivity index (χ2n) is 5.46. The zero-order chi connectivity index (χ0) is 14.7. The lowest BCUT2D eigenvalue weighted by Crippen LogP contribution is -2.50. The third kappa shape index (κ3) is 4.18. The van der Waals surface area contributed by atoms with Crippen LogP contribution in [0.5, 0.6) is 0 Å². The van der Waals surface area contributed by atoms with Crippen LogP contribution < -0.4 is 5.32 Å². The summed E-state index contributed by atoms with van der Waals surface area (Å²) in [6, 6.07) is 0. The van der Waals surface area contributed by atoms with Gasteiger partial charge in [-0.2, -0.15) is 5.10 Å². The van der Waals surface area contributed by atoms with Gasteiger partial charge in [0.2, 0.25) is 5.91 Å². The summed E-state index contributed by atoms with van der Waals surface area (Å²) in [6.07, 6.45) is 0. The lowest BCUT2D eigenvalue weighted by atomic mass is 10.1. The SMILES string of the molecule is CNCC(=O)N1CCN(Cc2c(C)nn(C)c2C)CC1.Cl. The van der Waals surface area contributed by atoms with Crippen LogP contribution in [0.4, 0.5) is 0 Å². The van der Waals surface area contributed by atoms with Gasteiger partial charge in [0.1, 0.15) is 0 Å². The summed E-state index contributed by atoms with van der Waals surface area (Å²) in [5, 5.41) is 7.38. The van der Waals surface area contributed by atoms with Gasteiger partial charge in [0.05, 0.1) is 12.2 Å². The van der Waals surface area contributed by atoms with E-state index in [0.29, 0.717) is 6.54 Å². The van der Waals surface area contributed by atoms with E-state index >= 15 is 0 Å². The normalized spacial score (nSPS) is 15.9. The number of aryl methyl sites for hydroxylation is 2. The highest BCUT2D eigenvalue weighted by atomic mass is 35.5. The standard InChI is InChI=1S/C14H25N5O.ClH/c1-11-13(12(2)17(4)16-11)10-18-5-7-19(8-6-18)14(20)9-15-3;/h15H,5-10H2,1-4H3;1H. The maximum Gasteiger partial charge on any atom is 0.236 e. The number of nitrogens with one attached hydrogen (secondary N) is 1. The van der Waals surface area contributed by atoms with Crippen molar-refractivity contribution in [2.24, 2.45) is 7.05 Å². The topological polar surface area (TPSA) is 53.4 Å². The molecule has 0 aromatic carbocycles. The molecule has 1 aliphatic heterocycles. The van der Waals surface area contributed by atoms with Crippen molar-refractivity contribution in [2.45, 2.75) is 20.4 Å². The lowest BCUT2D eigenvalue weighted by Gasteiger charge is -2.34. The minimum atomic E-state index is 0. The predicted molar refractivity (Wildman–Crippen MR) is 85.7 cm³/mol. The van der Waals surface area contributed by atoms with Crippen molar-refractivity contribution in [1.29, 1.82) is 0 Å². The Balaban J connectivity index is 0.00000220. The third-order valence-electron chi connectivity index (χ3n) is 4.09. The van der Waals surface area contributed by atoms with E-state index in [1.807, 2.05) is 23.7 Å². The van der Waals surface area contributed by atoms with Crippen molar-refractivity contribution in [3.05, 3.63) is 17.0 Å². The van der Waals surface area contributed by atoms with E-state index in [2.05, 4.69) is 29.2 Å². The molecule has 1 aliphatic rings. The Morgan fingerprint density at radius 1 is 1.24 bits per heavy atom. The van der Waals surface area contributed by atoms with Crippen molar-refractivity contribution in [3.63, 3.8) is 0 Å². The molecule has 0 bridgehead atoms. The molecule has 120 valence electrons. The smallest absolute Gasteiger partial charge is 0.236 e. The van der Waals surface area contributed by atoms with Crippen molar-refractivity contribution in [2.75, 3.05) is 39.8 Å². The Kier molecular flexibility index (Phi) is 6.64. The molecule has 1 N–H and O–H groups in total. The molecule has 0 aliphatic carbocycles. The van der Waals surface area contributed by atoms with Crippen LogP contribution in [0, 0.1) is 13.8 Å². The Labute approximate surface area is 132 Å². The highest BCUT2D eigenvalue weighted by Crippen LogP contribution is 2.15. The zero-order valence-corrected chi connectivity index (χ0v) is 14.2. The van der Waals surface area contributed by atoms with Crippen molar-refractivity contribution in [1.82, 2.24) is 24.9 Å². The number of carbonyl (C=O) groups excluding carboxylic acids is 1. The molecule has 1 saturated heterocycles. The molecule has 7 heteroatoms. The predicted octanol–water partition coefficient (Wildman–Crippen LogP) is 0.322. The van der Waals surface area contributed by atoms with E-state index in [0.717, 1.165) is 38.4 Å².